The number of nitro groups is 1. The van der Waals surface area contributed by atoms with E-state index in [-0.39, 0.29) is 16.7 Å². The highest BCUT2D eigenvalue weighted by Gasteiger charge is 2.17. The lowest BCUT2D eigenvalue weighted by Gasteiger charge is -2.18. The van der Waals surface area contributed by atoms with Gasteiger partial charge in [0.25, 0.3) is 5.69 Å². The molecule has 0 bridgehead atoms. The molecule has 1 unspecified atom stereocenters. The zero-order valence-corrected chi connectivity index (χ0v) is 18.1. The van der Waals surface area contributed by atoms with Gasteiger partial charge in [0.05, 0.1) is 16.3 Å². The second-order valence-electron chi connectivity index (χ2n) is 7.80. The molecule has 0 aliphatic rings. The molecule has 3 rings (SSSR count). The molecule has 0 fully saturated rings. The summed E-state index contributed by atoms with van der Waals surface area (Å²) in [5.74, 6) is 0.620. The fourth-order valence-corrected chi connectivity index (χ4v) is 4.32. The van der Waals surface area contributed by atoms with Gasteiger partial charge in [-0.3, -0.25) is 10.1 Å². The topological polar surface area (TPSA) is 60.4 Å². The van der Waals surface area contributed by atoms with Gasteiger partial charge in [-0.1, -0.05) is 44.2 Å². The van der Waals surface area contributed by atoms with Crippen LogP contribution in [0.2, 0.25) is 0 Å². The average Bonchev–Trinajstić information content (AvgIpc) is 3.11. The first-order chi connectivity index (χ1) is 13.9. The van der Waals surface area contributed by atoms with E-state index >= 15 is 0 Å². The van der Waals surface area contributed by atoms with Gasteiger partial charge < -0.3 is 4.57 Å². The van der Waals surface area contributed by atoms with E-state index in [9.17, 15) is 10.1 Å². The molecule has 0 saturated carbocycles. The van der Waals surface area contributed by atoms with Crippen molar-refractivity contribution in [3.8, 4) is 11.3 Å². The number of hydrogen-bond acceptors (Lipinski definition) is 4. The molecule has 152 valence electrons. The highest BCUT2D eigenvalue weighted by atomic mass is 32.1. The van der Waals surface area contributed by atoms with E-state index in [0.717, 1.165) is 40.2 Å². The Labute approximate surface area is 175 Å². The van der Waals surface area contributed by atoms with E-state index in [1.807, 2.05) is 24.3 Å². The van der Waals surface area contributed by atoms with Gasteiger partial charge in [-0.25, -0.2) is 4.99 Å². The number of non-ortho nitro benzene ring substituents is 1. The molecule has 2 aromatic carbocycles. The lowest BCUT2D eigenvalue weighted by molar-refractivity contribution is -0.384. The smallest absolute Gasteiger partial charge is 0.270 e. The van der Waals surface area contributed by atoms with Crippen molar-refractivity contribution in [3.05, 3.63) is 74.4 Å². The van der Waals surface area contributed by atoms with Gasteiger partial charge in [0, 0.05) is 29.1 Å². The summed E-state index contributed by atoms with van der Waals surface area (Å²) >= 11 is 1.58. The molecule has 0 aliphatic heterocycles. The van der Waals surface area contributed by atoms with E-state index in [4.69, 9.17) is 4.99 Å². The third-order valence-corrected chi connectivity index (χ3v) is 5.87. The van der Waals surface area contributed by atoms with Crippen molar-refractivity contribution >= 4 is 22.7 Å². The van der Waals surface area contributed by atoms with Crippen molar-refractivity contribution < 1.29 is 4.92 Å². The van der Waals surface area contributed by atoms with Crippen molar-refractivity contribution in [1.29, 1.82) is 0 Å². The maximum atomic E-state index is 11.2. The SMILES string of the molecule is Cc1ccccc1N=c1scc(-c2cccc([N+](=O)[O-])c2)n1C(C)CCC(C)C. The molecule has 0 N–H and O–H groups in total. The molecular formula is C23H27N3O2S. The highest BCUT2D eigenvalue weighted by Crippen LogP contribution is 2.29. The van der Waals surface area contributed by atoms with E-state index in [0.29, 0.717) is 5.92 Å². The molecule has 6 heteroatoms. The van der Waals surface area contributed by atoms with Crippen LogP contribution in [0.15, 0.2) is 58.9 Å². The molecule has 1 atom stereocenters. The summed E-state index contributed by atoms with van der Waals surface area (Å²) in [5, 5.41) is 13.3. The maximum Gasteiger partial charge on any atom is 0.270 e. The number of thiazole rings is 1. The Morgan fingerprint density at radius 3 is 2.55 bits per heavy atom. The van der Waals surface area contributed by atoms with Gasteiger partial charge in [-0.15, -0.1) is 11.3 Å². The number of nitrogens with zero attached hydrogens (tertiary/aromatic N) is 3. The molecule has 3 aromatic rings. The Bertz CT molecular complexity index is 1070. The fraction of sp³-hybridized carbons (Fsp3) is 0.348. The maximum absolute atomic E-state index is 11.2. The fourth-order valence-electron chi connectivity index (χ4n) is 3.31. The van der Waals surface area contributed by atoms with E-state index < -0.39 is 0 Å². The van der Waals surface area contributed by atoms with Crippen LogP contribution in [-0.4, -0.2) is 9.49 Å². The van der Waals surface area contributed by atoms with Crippen molar-refractivity contribution in [2.75, 3.05) is 0 Å². The molecule has 0 spiro atoms. The second-order valence-corrected chi connectivity index (χ2v) is 8.64. The third-order valence-electron chi connectivity index (χ3n) is 5.03. The van der Waals surface area contributed by atoms with Gasteiger partial charge in [0.1, 0.15) is 0 Å². The standard InChI is InChI=1S/C23H27N3O2S/c1-16(2)12-13-18(4)25-22(19-9-7-10-20(14-19)26(27)28)15-29-23(25)24-21-11-6-5-8-17(21)3/h5-11,14-16,18H,12-13H2,1-4H3. The first-order valence-electron chi connectivity index (χ1n) is 9.92. The molecule has 1 heterocycles. The molecule has 1 aromatic heterocycles. The van der Waals surface area contributed by atoms with Crippen LogP contribution in [0.25, 0.3) is 11.3 Å². The van der Waals surface area contributed by atoms with Crippen LogP contribution in [0.5, 0.6) is 0 Å². The Hall–Kier alpha value is -2.73. The van der Waals surface area contributed by atoms with Crippen molar-refractivity contribution in [2.24, 2.45) is 10.9 Å². The molecule has 0 aliphatic carbocycles. The largest absolute Gasteiger partial charge is 0.314 e. The summed E-state index contributed by atoms with van der Waals surface area (Å²) in [4.78, 5) is 16.8. The number of nitro benzene ring substituents is 1. The summed E-state index contributed by atoms with van der Waals surface area (Å²) in [6.45, 7) is 8.71. The van der Waals surface area contributed by atoms with E-state index in [2.05, 4.69) is 43.7 Å². The van der Waals surface area contributed by atoms with Crippen molar-refractivity contribution in [1.82, 2.24) is 4.57 Å². The number of para-hydroxylation sites is 1. The third kappa shape index (κ3) is 5.01. The van der Waals surface area contributed by atoms with Gasteiger partial charge >= 0.3 is 0 Å². The van der Waals surface area contributed by atoms with E-state index in [1.165, 1.54) is 6.07 Å². The van der Waals surface area contributed by atoms with Gasteiger partial charge in [0.15, 0.2) is 4.80 Å². The molecular weight excluding hydrogens is 382 g/mol. The molecule has 0 amide bonds. The minimum Gasteiger partial charge on any atom is -0.314 e. The number of hydrogen-bond donors (Lipinski definition) is 0. The molecule has 0 radical (unpaired) electrons. The van der Waals surface area contributed by atoms with Crippen LogP contribution in [0.4, 0.5) is 11.4 Å². The van der Waals surface area contributed by atoms with Crippen LogP contribution in [-0.2, 0) is 0 Å². The zero-order valence-electron chi connectivity index (χ0n) is 17.3. The van der Waals surface area contributed by atoms with E-state index in [1.54, 1.807) is 23.5 Å². The van der Waals surface area contributed by atoms with Crippen molar-refractivity contribution in [3.63, 3.8) is 0 Å². The number of aromatic nitrogens is 1. The van der Waals surface area contributed by atoms with Crippen LogP contribution >= 0.6 is 11.3 Å². The second kappa shape index (κ2) is 9.18. The Kier molecular flexibility index (Phi) is 6.64. The minimum atomic E-state index is -0.346. The van der Waals surface area contributed by atoms with Crippen molar-refractivity contribution in [2.45, 2.75) is 46.6 Å². The summed E-state index contributed by atoms with van der Waals surface area (Å²) < 4.78 is 2.23. The lowest BCUT2D eigenvalue weighted by atomic mass is 10.0. The first-order valence-corrected chi connectivity index (χ1v) is 10.8. The summed E-state index contributed by atoms with van der Waals surface area (Å²) in [7, 11) is 0. The molecule has 5 nitrogen and oxygen atoms in total. The van der Waals surface area contributed by atoms with Crippen LogP contribution < -0.4 is 4.80 Å². The Morgan fingerprint density at radius 1 is 1.10 bits per heavy atom. The van der Waals surface area contributed by atoms with Crippen LogP contribution in [0.3, 0.4) is 0 Å². The summed E-state index contributed by atoms with van der Waals surface area (Å²) in [5.41, 5.74) is 4.00. The Morgan fingerprint density at radius 2 is 1.86 bits per heavy atom. The normalized spacial score (nSPS) is 13.1. The Balaban J connectivity index is 2.14. The summed E-state index contributed by atoms with van der Waals surface area (Å²) in [6, 6.07) is 15.2. The number of benzene rings is 2. The van der Waals surface area contributed by atoms with Crippen LogP contribution in [0, 0.1) is 23.0 Å². The average molecular weight is 410 g/mol. The molecule has 0 saturated heterocycles. The lowest BCUT2D eigenvalue weighted by Crippen LogP contribution is -2.20. The minimum absolute atomic E-state index is 0.104. The van der Waals surface area contributed by atoms with Crippen LogP contribution in [0.1, 0.15) is 45.2 Å². The monoisotopic (exact) mass is 409 g/mol. The predicted octanol–water partition coefficient (Wildman–Crippen LogP) is 6.66. The van der Waals surface area contributed by atoms with Gasteiger partial charge in [-0.05, 0) is 44.2 Å². The predicted molar refractivity (Wildman–Crippen MR) is 120 cm³/mol. The van der Waals surface area contributed by atoms with Gasteiger partial charge in [0.2, 0.25) is 0 Å². The van der Waals surface area contributed by atoms with Gasteiger partial charge in [-0.2, -0.15) is 0 Å². The molecule has 29 heavy (non-hydrogen) atoms. The quantitative estimate of drug-likeness (QED) is 0.323. The summed E-state index contributed by atoms with van der Waals surface area (Å²) in [6.07, 6.45) is 2.14. The zero-order chi connectivity index (χ0) is 21.0. The highest BCUT2D eigenvalue weighted by molar-refractivity contribution is 7.07. The first kappa shape index (κ1) is 21.0. The number of aryl methyl sites for hydroxylation is 1. The number of rotatable bonds is 7.